The minimum absolute atomic E-state index is 0.0496. The highest BCUT2D eigenvalue weighted by Gasteiger charge is 2.44. The molecule has 0 saturated carbocycles. The van der Waals surface area contributed by atoms with Gasteiger partial charge in [0.2, 0.25) is 23.7 Å². The number of fused-ring (bicyclic) bond motifs is 1. The smallest absolute Gasteiger partial charge is 0.315 e. The molecule has 0 bridgehead atoms. The predicted molar refractivity (Wildman–Crippen MR) is 186 cm³/mol. The number of carbonyl (C=O) groups excluding carboxylic acids is 4. The summed E-state index contributed by atoms with van der Waals surface area (Å²) >= 11 is 1.92. The van der Waals surface area contributed by atoms with E-state index in [0.29, 0.717) is 31.1 Å². The number of amides is 5. The van der Waals surface area contributed by atoms with Gasteiger partial charge in [-0.2, -0.15) is 16.7 Å². The van der Waals surface area contributed by atoms with Gasteiger partial charge in [0.15, 0.2) is 0 Å². The summed E-state index contributed by atoms with van der Waals surface area (Å²) in [5.74, 6) is 0.162. The van der Waals surface area contributed by atoms with Crippen molar-refractivity contribution in [3.8, 4) is 0 Å². The lowest BCUT2D eigenvalue weighted by atomic mass is 10.0. The number of hydrogen-bond donors (Lipinski definition) is 9. The number of ether oxygens (including phenoxy) is 1. The van der Waals surface area contributed by atoms with Crippen LogP contribution in [0.5, 0.6) is 0 Å². The number of aliphatic hydroxyl groups is 3. The molecule has 278 valence electrons. The van der Waals surface area contributed by atoms with E-state index in [4.69, 9.17) is 10.5 Å². The number of rotatable bonds is 20. The minimum Gasteiger partial charge on any atom is -0.394 e. The van der Waals surface area contributed by atoms with Gasteiger partial charge in [0, 0.05) is 62.0 Å². The largest absolute Gasteiger partial charge is 0.394 e. The SMILES string of the molecule is Nc1nc(=O)c(C2OC(CO)C(O)C2O)cn1/C=C/C(=O)NCCNC(=O)CCCCCNC(=O)CCCCCCC1SCC2NC(=O)NC21. The molecule has 10 N–H and O–H groups in total. The monoisotopic (exact) mass is 722 g/mol. The van der Waals surface area contributed by atoms with Crippen molar-refractivity contribution < 1.29 is 39.2 Å². The standard InChI is InChI=1S/C32H50N8O9S/c33-31-39-30(47)19(29-28(46)27(45)21(17-41)49-29)16-40(31)15-11-25(44)36-14-13-35-24(43)10-6-3-7-12-34-23(42)9-5-2-1-4-8-22-26-20(18-50-22)37-32(48)38-26/h11,15-16,20-22,26-29,41,45-46H,1-10,12-14,17-18H2,(H,34,42)(H,35,43)(H,36,44)(H2,33,39,47)(H2,37,38,48)/b15-11+. The molecule has 7 unspecified atom stereocenters. The topological polar surface area (TPSA) is 259 Å². The number of aromatic nitrogens is 2. The molecular formula is C32H50N8O9S. The van der Waals surface area contributed by atoms with E-state index in [1.54, 1.807) is 0 Å². The van der Waals surface area contributed by atoms with Crippen molar-refractivity contribution in [3.63, 3.8) is 0 Å². The number of urea groups is 1. The van der Waals surface area contributed by atoms with E-state index in [9.17, 15) is 39.3 Å². The molecule has 0 spiro atoms. The molecule has 1 aromatic heterocycles. The Labute approximate surface area is 294 Å². The van der Waals surface area contributed by atoms with Crippen LogP contribution in [0.25, 0.3) is 6.20 Å². The maximum absolute atomic E-state index is 12.3. The van der Waals surface area contributed by atoms with Crippen LogP contribution in [0.4, 0.5) is 10.7 Å². The van der Waals surface area contributed by atoms with Gasteiger partial charge >= 0.3 is 6.03 Å². The quantitative estimate of drug-likeness (QED) is 0.0440. The third-order valence-electron chi connectivity index (χ3n) is 8.97. The Hall–Kier alpha value is -3.71. The summed E-state index contributed by atoms with van der Waals surface area (Å²) in [7, 11) is 0. The molecule has 4 heterocycles. The Morgan fingerprint density at radius 3 is 2.36 bits per heavy atom. The Morgan fingerprint density at radius 2 is 1.64 bits per heavy atom. The number of thioether (sulfide) groups is 1. The van der Waals surface area contributed by atoms with Gasteiger partial charge in [-0.05, 0) is 25.7 Å². The first-order chi connectivity index (χ1) is 24.1. The maximum Gasteiger partial charge on any atom is 0.315 e. The van der Waals surface area contributed by atoms with Crippen LogP contribution < -0.4 is 37.9 Å². The average molecular weight is 723 g/mol. The average Bonchev–Trinajstić information content (AvgIpc) is 3.73. The highest BCUT2D eigenvalue weighted by Crippen LogP contribution is 2.33. The van der Waals surface area contributed by atoms with Crippen LogP contribution in [0.3, 0.4) is 0 Å². The van der Waals surface area contributed by atoms with E-state index in [2.05, 4.69) is 31.6 Å². The number of anilines is 1. The van der Waals surface area contributed by atoms with Crippen LogP contribution in [0.15, 0.2) is 17.1 Å². The molecule has 17 nitrogen and oxygen atoms in total. The van der Waals surface area contributed by atoms with E-state index in [0.717, 1.165) is 56.8 Å². The molecule has 18 heteroatoms. The lowest BCUT2D eigenvalue weighted by Gasteiger charge is -2.16. The van der Waals surface area contributed by atoms with Crippen molar-refractivity contribution in [1.82, 2.24) is 36.1 Å². The second-order valence-corrected chi connectivity index (χ2v) is 14.0. The first kappa shape index (κ1) is 39.1. The number of nitrogens with two attached hydrogens (primary N) is 1. The van der Waals surface area contributed by atoms with E-state index < -0.39 is 42.5 Å². The molecule has 3 aliphatic rings. The zero-order chi connectivity index (χ0) is 36.0. The number of hydrogen-bond acceptors (Lipinski definition) is 12. The minimum atomic E-state index is -1.47. The Balaban J connectivity index is 0.984. The zero-order valence-corrected chi connectivity index (χ0v) is 28.9. The van der Waals surface area contributed by atoms with Crippen LogP contribution in [0.1, 0.15) is 75.9 Å². The van der Waals surface area contributed by atoms with Crippen LogP contribution in [0.2, 0.25) is 0 Å². The van der Waals surface area contributed by atoms with Gasteiger partial charge in [0.05, 0.1) is 24.3 Å². The van der Waals surface area contributed by atoms with E-state index in [-0.39, 0.29) is 54.5 Å². The number of unbranched alkanes of at least 4 members (excludes halogenated alkanes) is 5. The summed E-state index contributed by atoms with van der Waals surface area (Å²) in [5, 5.41) is 44.3. The van der Waals surface area contributed by atoms with Gasteiger partial charge in [-0.25, -0.2) is 4.79 Å². The summed E-state index contributed by atoms with van der Waals surface area (Å²) in [5.41, 5.74) is 4.90. The fraction of sp³-hybridized carbons (Fsp3) is 0.688. The van der Waals surface area contributed by atoms with Gasteiger partial charge in [0.1, 0.15) is 24.4 Å². The first-order valence-corrected chi connectivity index (χ1v) is 18.3. The lowest BCUT2D eigenvalue weighted by Crippen LogP contribution is -2.36. The zero-order valence-electron chi connectivity index (χ0n) is 28.1. The van der Waals surface area contributed by atoms with Crippen molar-refractivity contribution in [2.75, 3.05) is 37.7 Å². The molecule has 0 aliphatic carbocycles. The number of carbonyl (C=O) groups is 4. The summed E-state index contributed by atoms with van der Waals surface area (Å²) in [6.07, 6.45) is 6.67. The van der Waals surface area contributed by atoms with E-state index >= 15 is 0 Å². The molecule has 1 aromatic rings. The highest BCUT2D eigenvalue weighted by atomic mass is 32.2. The summed E-state index contributed by atoms with van der Waals surface area (Å²) < 4.78 is 6.58. The van der Waals surface area contributed by atoms with Crippen molar-refractivity contribution in [3.05, 3.63) is 28.2 Å². The first-order valence-electron chi connectivity index (χ1n) is 17.3. The molecule has 3 saturated heterocycles. The highest BCUT2D eigenvalue weighted by molar-refractivity contribution is 8.00. The lowest BCUT2D eigenvalue weighted by molar-refractivity contribution is -0.122. The van der Waals surface area contributed by atoms with Gasteiger partial charge in [-0.3, -0.25) is 23.7 Å². The molecule has 0 aromatic carbocycles. The van der Waals surface area contributed by atoms with E-state index in [1.807, 2.05) is 11.8 Å². The maximum atomic E-state index is 12.3. The number of nitrogens with zero attached hydrogens (tertiary/aromatic N) is 2. The fourth-order valence-electron chi connectivity index (χ4n) is 6.18. The second-order valence-electron chi connectivity index (χ2n) is 12.7. The number of nitrogen functional groups attached to an aromatic ring is 1. The van der Waals surface area contributed by atoms with Gasteiger partial charge in [-0.15, -0.1) is 0 Å². The number of nitrogens with one attached hydrogen (secondary N) is 5. The molecule has 0 radical (unpaired) electrons. The molecule has 3 aliphatic heterocycles. The fourth-order valence-corrected chi connectivity index (χ4v) is 7.73. The van der Waals surface area contributed by atoms with Crippen LogP contribution in [-0.4, -0.2) is 116 Å². The molecule has 3 fully saturated rings. The third-order valence-corrected chi connectivity index (χ3v) is 10.5. The van der Waals surface area contributed by atoms with E-state index in [1.165, 1.54) is 17.0 Å². The van der Waals surface area contributed by atoms with Crippen LogP contribution in [-0.2, 0) is 19.1 Å². The Kier molecular flexibility index (Phi) is 15.3. The summed E-state index contributed by atoms with van der Waals surface area (Å²) in [6.45, 7) is 0.416. The van der Waals surface area contributed by atoms with Gasteiger partial charge < -0.3 is 52.4 Å². The molecule has 4 rings (SSSR count). The summed E-state index contributed by atoms with van der Waals surface area (Å²) in [4.78, 5) is 64.0. The third kappa shape index (κ3) is 11.4. The van der Waals surface area contributed by atoms with Crippen molar-refractivity contribution in [2.45, 2.75) is 106 Å². The van der Waals surface area contributed by atoms with Crippen LogP contribution in [0, 0.1) is 0 Å². The second kappa shape index (κ2) is 19.6. The van der Waals surface area contributed by atoms with Crippen LogP contribution >= 0.6 is 11.8 Å². The molecule has 50 heavy (non-hydrogen) atoms. The predicted octanol–water partition coefficient (Wildman–Crippen LogP) is -1.13. The Bertz CT molecular complexity index is 1410. The van der Waals surface area contributed by atoms with Crippen molar-refractivity contribution in [2.24, 2.45) is 0 Å². The molecular weight excluding hydrogens is 672 g/mol. The summed E-state index contributed by atoms with van der Waals surface area (Å²) in [6, 6.07) is 0.444. The molecule has 7 atom stereocenters. The molecule has 5 amide bonds. The van der Waals surface area contributed by atoms with Gasteiger partial charge in [-0.1, -0.05) is 25.7 Å². The van der Waals surface area contributed by atoms with Crippen molar-refractivity contribution >= 4 is 47.7 Å². The van der Waals surface area contributed by atoms with Crippen molar-refractivity contribution in [1.29, 1.82) is 0 Å². The number of aliphatic hydroxyl groups excluding tert-OH is 3. The normalized spacial score (nSPS) is 25.7. The Morgan fingerprint density at radius 1 is 0.960 bits per heavy atom. The van der Waals surface area contributed by atoms with Gasteiger partial charge in [0.25, 0.3) is 5.56 Å².